The normalized spacial score (nSPS) is 18.9. The van der Waals surface area contributed by atoms with Gasteiger partial charge in [-0.1, -0.05) is 12.1 Å². The fraction of sp³-hybridized carbons (Fsp3) is 0.417. The lowest BCUT2D eigenvalue weighted by atomic mass is 10.2. The predicted octanol–water partition coefficient (Wildman–Crippen LogP) is -1.61. The van der Waals surface area contributed by atoms with Crippen molar-refractivity contribution >= 4 is 26.7 Å². The van der Waals surface area contributed by atoms with Crippen LogP contribution in [-0.2, 0) is 6.54 Å². The predicted molar refractivity (Wildman–Crippen MR) is 65.9 cm³/mol. The van der Waals surface area contributed by atoms with E-state index in [4.69, 9.17) is 0 Å². The van der Waals surface area contributed by atoms with Crippen molar-refractivity contribution in [2.24, 2.45) is 0 Å². The molecule has 2 aromatic rings. The third-order valence-corrected chi connectivity index (χ3v) is 4.29. The summed E-state index contributed by atoms with van der Waals surface area (Å²) in [7, 11) is 0. The molecule has 3 rings (SSSR count). The summed E-state index contributed by atoms with van der Waals surface area (Å²) in [6, 6.07) is 8.39. The van der Waals surface area contributed by atoms with Gasteiger partial charge in [-0.05, 0) is 30.4 Å². The van der Waals surface area contributed by atoms with E-state index in [9.17, 15) is 5.11 Å². The molecule has 5 heteroatoms. The van der Waals surface area contributed by atoms with E-state index >= 15 is 0 Å². The van der Waals surface area contributed by atoms with Crippen molar-refractivity contribution in [1.82, 2.24) is 0 Å². The molecule has 0 bridgehead atoms. The number of aromatic nitrogens is 1. The minimum atomic E-state index is -0.254. The van der Waals surface area contributed by atoms with Crippen molar-refractivity contribution in [3.8, 4) is 0 Å². The number of fused-ring (bicyclic) bond motifs is 3. The molecule has 1 aliphatic rings. The number of benzene rings is 1. The molecule has 0 amide bonds. The number of halogens is 1. The van der Waals surface area contributed by atoms with E-state index in [1.54, 1.807) is 0 Å². The Kier molecular flexibility index (Phi) is 3.56. The highest BCUT2D eigenvalue weighted by Crippen LogP contribution is 2.29. The second kappa shape index (κ2) is 4.80. The Morgan fingerprint density at radius 3 is 3.00 bits per heavy atom. The van der Waals surface area contributed by atoms with Crippen LogP contribution in [0.2, 0.25) is 0 Å². The summed E-state index contributed by atoms with van der Waals surface area (Å²) < 4.78 is 3.53. The van der Waals surface area contributed by atoms with Crippen molar-refractivity contribution in [2.75, 3.05) is 18.0 Å². The zero-order valence-electron chi connectivity index (χ0n) is 9.64. The molecule has 0 radical (unpaired) electrons. The molecule has 1 aliphatic heterocycles. The molecule has 1 aromatic carbocycles. The van der Waals surface area contributed by atoms with Gasteiger partial charge in [0.2, 0.25) is 0 Å². The SMILES string of the molecule is CCN1CC(O)C[n+]2c1sc1ccccc12.[Cl-]. The summed E-state index contributed by atoms with van der Waals surface area (Å²) in [5.74, 6) is 0. The van der Waals surface area contributed by atoms with Gasteiger partial charge < -0.3 is 17.5 Å². The smallest absolute Gasteiger partial charge is 0.337 e. The zero-order chi connectivity index (χ0) is 11.1. The molecular formula is C12H15ClN2OS. The van der Waals surface area contributed by atoms with Crippen LogP contribution >= 0.6 is 11.3 Å². The van der Waals surface area contributed by atoms with Crippen molar-refractivity contribution in [1.29, 1.82) is 0 Å². The van der Waals surface area contributed by atoms with Gasteiger partial charge in [0.15, 0.2) is 0 Å². The topological polar surface area (TPSA) is 27.3 Å². The maximum atomic E-state index is 9.88. The number of para-hydroxylation sites is 1. The first kappa shape index (κ1) is 12.6. The number of hydrogen-bond acceptors (Lipinski definition) is 3. The molecule has 0 spiro atoms. The first-order valence-corrected chi connectivity index (χ1v) is 6.45. The van der Waals surface area contributed by atoms with Gasteiger partial charge in [-0.25, -0.2) is 9.47 Å². The Morgan fingerprint density at radius 1 is 1.47 bits per heavy atom. The number of β-amino-alcohol motifs (C(OH)–C–C–N with tert-alkyl or cyclic N) is 1. The molecule has 1 N–H and O–H groups in total. The molecule has 17 heavy (non-hydrogen) atoms. The first-order valence-electron chi connectivity index (χ1n) is 5.64. The quantitative estimate of drug-likeness (QED) is 0.632. The Hall–Kier alpha value is -0.840. The van der Waals surface area contributed by atoms with Crippen LogP contribution < -0.4 is 21.9 Å². The van der Waals surface area contributed by atoms with Crippen LogP contribution in [0.5, 0.6) is 0 Å². The Morgan fingerprint density at radius 2 is 2.24 bits per heavy atom. The van der Waals surface area contributed by atoms with E-state index < -0.39 is 0 Å². The molecule has 2 heterocycles. The number of thiazole rings is 1. The van der Waals surface area contributed by atoms with E-state index in [2.05, 4.69) is 40.7 Å². The molecule has 1 unspecified atom stereocenters. The average Bonchev–Trinajstić information content (AvgIpc) is 2.67. The van der Waals surface area contributed by atoms with Gasteiger partial charge in [0.1, 0.15) is 24.7 Å². The third-order valence-electron chi connectivity index (χ3n) is 3.06. The van der Waals surface area contributed by atoms with Crippen LogP contribution in [0.1, 0.15) is 6.92 Å². The highest BCUT2D eigenvalue weighted by molar-refractivity contribution is 7.21. The van der Waals surface area contributed by atoms with Crippen LogP contribution in [0.15, 0.2) is 24.3 Å². The van der Waals surface area contributed by atoms with Gasteiger partial charge in [0.05, 0.1) is 11.2 Å². The molecule has 1 aromatic heterocycles. The summed E-state index contributed by atoms with van der Waals surface area (Å²) in [5.41, 5.74) is 1.24. The monoisotopic (exact) mass is 270 g/mol. The highest BCUT2D eigenvalue weighted by atomic mass is 35.5. The summed E-state index contributed by atoms with van der Waals surface area (Å²) >= 11 is 1.81. The van der Waals surface area contributed by atoms with E-state index in [1.807, 2.05) is 11.3 Å². The van der Waals surface area contributed by atoms with Crippen molar-refractivity contribution in [3.63, 3.8) is 0 Å². The third kappa shape index (κ3) is 2.01. The molecule has 0 saturated carbocycles. The molecule has 3 nitrogen and oxygen atoms in total. The summed E-state index contributed by atoms with van der Waals surface area (Å²) in [6.45, 7) is 4.55. The Balaban J connectivity index is 0.00000108. The largest absolute Gasteiger partial charge is 1.00 e. The Labute approximate surface area is 111 Å². The van der Waals surface area contributed by atoms with Crippen molar-refractivity contribution in [2.45, 2.75) is 19.6 Å². The highest BCUT2D eigenvalue weighted by Gasteiger charge is 2.32. The van der Waals surface area contributed by atoms with E-state index in [0.717, 1.165) is 19.6 Å². The number of anilines is 1. The maximum Gasteiger partial charge on any atom is 0.337 e. The zero-order valence-corrected chi connectivity index (χ0v) is 11.2. The van der Waals surface area contributed by atoms with E-state index in [-0.39, 0.29) is 18.5 Å². The van der Waals surface area contributed by atoms with Gasteiger partial charge in [-0.15, -0.1) is 0 Å². The van der Waals surface area contributed by atoms with Crippen LogP contribution in [0.25, 0.3) is 10.2 Å². The molecule has 0 fully saturated rings. The molecular weight excluding hydrogens is 256 g/mol. The molecule has 0 saturated heterocycles. The van der Waals surface area contributed by atoms with E-state index in [1.165, 1.54) is 15.3 Å². The lowest BCUT2D eigenvalue weighted by molar-refractivity contribution is -0.667. The van der Waals surface area contributed by atoms with Gasteiger partial charge in [0, 0.05) is 0 Å². The molecule has 0 aliphatic carbocycles. The maximum absolute atomic E-state index is 9.88. The number of aliphatic hydroxyl groups excluding tert-OH is 1. The number of nitrogens with zero attached hydrogens (tertiary/aromatic N) is 2. The standard InChI is InChI=1S/C12H15N2OS.ClH/c1-2-13-7-9(15)8-14-10-5-3-4-6-11(10)16-12(13)14;/h3-6,9,15H,2,7-8H2,1H3;1H/q+1;/p-1. The van der Waals surface area contributed by atoms with Crippen molar-refractivity contribution in [3.05, 3.63) is 24.3 Å². The fourth-order valence-corrected chi connectivity index (χ4v) is 3.54. The van der Waals surface area contributed by atoms with Gasteiger partial charge in [-0.3, -0.25) is 0 Å². The average molecular weight is 271 g/mol. The van der Waals surface area contributed by atoms with Crippen molar-refractivity contribution < 1.29 is 22.1 Å². The van der Waals surface area contributed by atoms with Crippen LogP contribution in [0, 0.1) is 0 Å². The minimum absolute atomic E-state index is 0. The second-order valence-electron chi connectivity index (χ2n) is 4.16. The summed E-state index contributed by atoms with van der Waals surface area (Å²) in [6.07, 6.45) is -0.254. The molecule has 1 atom stereocenters. The summed E-state index contributed by atoms with van der Waals surface area (Å²) in [4.78, 5) is 2.25. The lowest BCUT2D eigenvalue weighted by Crippen LogP contribution is -3.00. The Bertz CT molecular complexity index is 528. The summed E-state index contributed by atoms with van der Waals surface area (Å²) in [5, 5.41) is 11.1. The lowest BCUT2D eigenvalue weighted by Gasteiger charge is -2.23. The van der Waals surface area contributed by atoms with Crippen LogP contribution in [-0.4, -0.2) is 24.3 Å². The molecule has 92 valence electrons. The minimum Gasteiger partial charge on any atom is -1.00 e. The number of rotatable bonds is 1. The number of likely N-dealkylation sites (N-methyl/N-ethyl adjacent to an activating group) is 1. The first-order chi connectivity index (χ1) is 7.79. The number of hydrogen-bond donors (Lipinski definition) is 1. The van der Waals surface area contributed by atoms with E-state index in [0.29, 0.717) is 0 Å². The van der Waals surface area contributed by atoms with Gasteiger partial charge >= 0.3 is 5.13 Å². The van der Waals surface area contributed by atoms with Crippen LogP contribution in [0.3, 0.4) is 0 Å². The second-order valence-corrected chi connectivity index (χ2v) is 5.16. The number of aliphatic hydroxyl groups is 1. The fourth-order valence-electron chi connectivity index (χ4n) is 2.30. The van der Waals surface area contributed by atoms with Gasteiger partial charge in [0.25, 0.3) is 0 Å². The van der Waals surface area contributed by atoms with Crippen LogP contribution in [0.4, 0.5) is 5.13 Å². The van der Waals surface area contributed by atoms with Gasteiger partial charge in [-0.2, -0.15) is 0 Å².